The second kappa shape index (κ2) is 9.03. The lowest BCUT2D eigenvalue weighted by atomic mass is 10.0. The quantitative estimate of drug-likeness (QED) is 0.346. The number of hydrogen-bond acceptors (Lipinski definition) is 6. The highest BCUT2D eigenvalue weighted by atomic mass is 32.2. The summed E-state index contributed by atoms with van der Waals surface area (Å²) in [5.41, 5.74) is 2.83. The van der Waals surface area contributed by atoms with Crippen LogP contribution in [0.4, 0.5) is 5.82 Å². The molecule has 0 saturated heterocycles. The number of rotatable bonds is 7. The zero-order chi connectivity index (χ0) is 24.4. The minimum absolute atomic E-state index is 0.0870. The van der Waals surface area contributed by atoms with Gasteiger partial charge in [-0.1, -0.05) is 36.4 Å². The van der Waals surface area contributed by atoms with Crippen LogP contribution in [0.1, 0.15) is 15.9 Å². The molecule has 5 aromatic rings. The fourth-order valence-electron chi connectivity index (χ4n) is 3.90. The van der Waals surface area contributed by atoms with Crippen molar-refractivity contribution in [1.82, 2.24) is 13.9 Å². The number of carboxylic acids is 1. The molecule has 0 fully saturated rings. The molecule has 0 radical (unpaired) electrons. The van der Waals surface area contributed by atoms with Gasteiger partial charge in [0.2, 0.25) is 0 Å². The van der Waals surface area contributed by atoms with Crippen LogP contribution < -0.4 is 5.32 Å². The number of carbonyl (C=O) groups is 1. The second-order valence-electron chi connectivity index (χ2n) is 7.79. The molecule has 0 saturated carbocycles. The van der Waals surface area contributed by atoms with E-state index < -0.39 is 16.0 Å². The molecule has 0 aliphatic heterocycles. The predicted octanol–water partition coefficient (Wildman–Crippen LogP) is 4.65. The average Bonchev–Trinajstić information content (AvgIpc) is 3.29. The Bertz CT molecular complexity index is 1650. The first-order valence-corrected chi connectivity index (χ1v) is 12.2. The monoisotopic (exact) mass is 484 g/mol. The van der Waals surface area contributed by atoms with Crippen molar-refractivity contribution in [3.05, 3.63) is 109 Å². The van der Waals surface area contributed by atoms with Crippen LogP contribution in [0.2, 0.25) is 0 Å². The van der Waals surface area contributed by atoms with Crippen molar-refractivity contribution in [2.24, 2.45) is 0 Å². The van der Waals surface area contributed by atoms with E-state index in [-0.39, 0.29) is 16.3 Å². The van der Waals surface area contributed by atoms with Crippen molar-refractivity contribution in [2.75, 3.05) is 5.32 Å². The maximum atomic E-state index is 13.4. The Morgan fingerprint density at radius 3 is 2.49 bits per heavy atom. The summed E-state index contributed by atoms with van der Waals surface area (Å²) < 4.78 is 27.9. The molecule has 0 aliphatic rings. The minimum atomic E-state index is -3.84. The van der Waals surface area contributed by atoms with E-state index in [1.165, 1.54) is 16.2 Å². The van der Waals surface area contributed by atoms with Gasteiger partial charge in [-0.3, -0.25) is 0 Å². The van der Waals surface area contributed by atoms with Crippen LogP contribution in [-0.2, 0) is 16.6 Å². The molecule has 3 heterocycles. The molecule has 8 nitrogen and oxygen atoms in total. The lowest BCUT2D eigenvalue weighted by Gasteiger charge is -2.09. The summed E-state index contributed by atoms with van der Waals surface area (Å²) in [7, 11) is -3.84. The molecule has 0 unspecified atom stereocenters. The molecular formula is C26H20N4O4S. The van der Waals surface area contributed by atoms with Gasteiger partial charge in [0.15, 0.2) is 5.65 Å². The number of benzene rings is 2. The summed E-state index contributed by atoms with van der Waals surface area (Å²) in [4.78, 5) is 20.1. The number of pyridine rings is 2. The number of nitrogens with one attached hydrogen (secondary N) is 1. The fraction of sp³-hybridized carbons (Fsp3) is 0.0385. The first kappa shape index (κ1) is 22.3. The molecule has 2 aromatic carbocycles. The Hall–Kier alpha value is -4.50. The molecular weight excluding hydrogens is 464 g/mol. The Morgan fingerprint density at radius 1 is 0.914 bits per heavy atom. The van der Waals surface area contributed by atoms with Gasteiger partial charge in [0, 0.05) is 36.1 Å². The number of fused-ring (bicyclic) bond motifs is 1. The fourth-order valence-corrected chi connectivity index (χ4v) is 5.25. The van der Waals surface area contributed by atoms with Gasteiger partial charge in [0.25, 0.3) is 10.0 Å². The molecule has 0 aliphatic carbocycles. The van der Waals surface area contributed by atoms with Gasteiger partial charge < -0.3 is 10.4 Å². The van der Waals surface area contributed by atoms with E-state index >= 15 is 0 Å². The maximum Gasteiger partial charge on any atom is 0.339 e. The normalized spacial score (nSPS) is 11.4. The zero-order valence-corrected chi connectivity index (χ0v) is 19.2. The predicted molar refractivity (Wildman–Crippen MR) is 133 cm³/mol. The number of aromatic carboxylic acids is 1. The highest BCUT2D eigenvalue weighted by Gasteiger charge is 2.22. The van der Waals surface area contributed by atoms with Crippen molar-refractivity contribution < 1.29 is 18.3 Å². The van der Waals surface area contributed by atoms with Gasteiger partial charge in [-0.2, -0.15) is 0 Å². The summed E-state index contributed by atoms with van der Waals surface area (Å²) in [6, 6.07) is 22.5. The third-order valence-corrected chi connectivity index (χ3v) is 7.23. The Kier molecular flexibility index (Phi) is 5.76. The average molecular weight is 485 g/mol. The van der Waals surface area contributed by atoms with Gasteiger partial charge in [0.05, 0.1) is 4.90 Å². The summed E-state index contributed by atoms with van der Waals surface area (Å²) in [5.74, 6) is -0.783. The summed E-state index contributed by atoms with van der Waals surface area (Å²) in [6.07, 6.45) is 4.68. The van der Waals surface area contributed by atoms with E-state index in [1.54, 1.807) is 54.9 Å². The number of hydrogen-bond donors (Lipinski definition) is 2. The topological polar surface area (TPSA) is 114 Å². The van der Waals surface area contributed by atoms with E-state index in [0.29, 0.717) is 17.6 Å². The summed E-state index contributed by atoms with van der Waals surface area (Å²) in [5, 5.41) is 13.1. The van der Waals surface area contributed by atoms with Crippen molar-refractivity contribution >= 4 is 32.8 Å². The third-order valence-electron chi connectivity index (χ3n) is 5.57. The van der Waals surface area contributed by atoms with E-state index in [4.69, 9.17) is 0 Å². The molecule has 2 N–H and O–H groups in total. The molecule has 0 bridgehead atoms. The van der Waals surface area contributed by atoms with Gasteiger partial charge in [-0.15, -0.1) is 0 Å². The number of anilines is 1. The van der Waals surface area contributed by atoms with Crippen molar-refractivity contribution in [3.63, 3.8) is 0 Å². The second-order valence-corrected chi connectivity index (χ2v) is 9.60. The van der Waals surface area contributed by atoms with Gasteiger partial charge in [-0.05, 0) is 53.6 Å². The molecule has 0 spiro atoms. The first-order valence-electron chi connectivity index (χ1n) is 10.7. The molecule has 0 atom stereocenters. The Morgan fingerprint density at radius 2 is 1.69 bits per heavy atom. The van der Waals surface area contributed by atoms with Crippen molar-refractivity contribution in [2.45, 2.75) is 11.4 Å². The highest BCUT2D eigenvalue weighted by Crippen LogP contribution is 2.32. The first-order chi connectivity index (χ1) is 16.9. The zero-order valence-electron chi connectivity index (χ0n) is 18.4. The van der Waals surface area contributed by atoms with E-state index in [2.05, 4.69) is 15.3 Å². The van der Waals surface area contributed by atoms with Crippen LogP contribution in [0.5, 0.6) is 0 Å². The van der Waals surface area contributed by atoms with Crippen molar-refractivity contribution in [1.29, 1.82) is 0 Å². The molecule has 5 rings (SSSR count). The minimum Gasteiger partial charge on any atom is -0.478 e. The number of carboxylic acid groups (broad SMARTS) is 1. The number of aromatic nitrogens is 3. The lowest BCUT2D eigenvalue weighted by molar-refractivity contribution is 0.0697. The summed E-state index contributed by atoms with van der Waals surface area (Å²) in [6.45, 7) is 0.338. The SMILES string of the molecule is O=C(O)c1cccnc1NCc1cccc(-c2cn(S(=O)(=O)c3ccccc3)c3ncccc23)c1. The lowest BCUT2D eigenvalue weighted by Crippen LogP contribution is -2.12. The smallest absolute Gasteiger partial charge is 0.339 e. The van der Waals surface area contributed by atoms with Crippen LogP contribution >= 0.6 is 0 Å². The number of nitrogens with zero attached hydrogens (tertiary/aromatic N) is 3. The largest absolute Gasteiger partial charge is 0.478 e. The van der Waals surface area contributed by atoms with Crippen LogP contribution in [0, 0.1) is 0 Å². The van der Waals surface area contributed by atoms with Gasteiger partial charge in [0.1, 0.15) is 11.4 Å². The van der Waals surface area contributed by atoms with Crippen molar-refractivity contribution in [3.8, 4) is 11.1 Å². The van der Waals surface area contributed by atoms with Gasteiger partial charge in [-0.25, -0.2) is 27.2 Å². The Labute approximate surface area is 201 Å². The van der Waals surface area contributed by atoms with E-state index in [9.17, 15) is 18.3 Å². The van der Waals surface area contributed by atoms with Gasteiger partial charge >= 0.3 is 5.97 Å². The Balaban J connectivity index is 1.53. The standard InChI is InChI=1S/C26H20N4O4S/c31-26(32)22-12-6-13-27-24(22)29-16-18-7-4-8-19(15-18)23-17-30(25-21(23)11-5-14-28-25)35(33,34)20-9-2-1-3-10-20/h1-15,17H,16H2,(H,27,29)(H,31,32). The van der Waals surface area contributed by atoms with Crippen LogP contribution in [0.3, 0.4) is 0 Å². The molecule has 174 valence electrons. The van der Waals surface area contributed by atoms with E-state index in [0.717, 1.165) is 16.7 Å². The van der Waals surface area contributed by atoms with Crippen LogP contribution in [0.25, 0.3) is 22.2 Å². The third kappa shape index (κ3) is 4.24. The molecule has 0 amide bonds. The van der Waals surface area contributed by atoms with Crippen LogP contribution in [-0.4, -0.2) is 33.4 Å². The molecule has 35 heavy (non-hydrogen) atoms. The summed E-state index contributed by atoms with van der Waals surface area (Å²) >= 11 is 0. The van der Waals surface area contributed by atoms with Crippen LogP contribution in [0.15, 0.2) is 102 Å². The van der Waals surface area contributed by atoms with E-state index in [1.807, 2.05) is 30.3 Å². The maximum absolute atomic E-state index is 13.4. The molecule has 3 aromatic heterocycles. The molecule has 9 heteroatoms. The highest BCUT2D eigenvalue weighted by molar-refractivity contribution is 7.90.